The van der Waals surface area contributed by atoms with Crippen LogP contribution in [0.5, 0.6) is 0 Å². The Labute approximate surface area is 321 Å². The van der Waals surface area contributed by atoms with Gasteiger partial charge in [0.2, 0.25) is 0 Å². The Morgan fingerprint density at radius 1 is 0.636 bits per heavy atom. The standard InChI is InChI=1S/C38H23ClF6N8S2/c39-29-23-13-7-15-27(37(40,41)42)30(23)46-17-25(29)33-49-51-36(53(33)20-22-11-5-2-6-12-22)55-32-24-14-8-16-28(38(43,44)45)31(24)47-18-26(32)34-48-50-35(54)52(34)19-21-9-3-1-4-10-21/h1-18H,19-20H2,(H,50,54). The third kappa shape index (κ3) is 6.96. The van der Waals surface area contributed by atoms with Gasteiger partial charge in [0.25, 0.3) is 0 Å². The number of aromatic amines is 1. The molecule has 0 saturated heterocycles. The summed E-state index contributed by atoms with van der Waals surface area (Å²) in [6, 6.07) is 26.1. The van der Waals surface area contributed by atoms with Crippen LogP contribution in [0.2, 0.25) is 5.02 Å². The van der Waals surface area contributed by atoms with Crippen molar-refractivity contribution in [2.75, 3.05) is 0 Å². The number of halogens is 7. The van der Waals surface area contributed by atoms with Crippen molar-refractivity contribution in [3.05, 3.63) is 142 Å². The Balaban J connectivity index is 1.34. The van der Waals surface area contributed by atoms with Crippen LogP contribution in [0.3, 0.4) is 0 Å². The van der Waals surface area contributed by atoms with Crippen molar-refractivity contribution < 1.29 is 26.3 Å². The van der Waals surface area contributed by atoms with E-state index in [4.69, 9.17) is 23.8 Å². The molecule has 8 nitrogen and oxygen atoms in total. The number of nitrogens with one attached hydrogen (secondary N) is 1. The number of nitrogens with zero attached hydrogens (tertiary/aromatic N) is 7. The Bertz CT molecular complexity index is 2770. The minimum absolute atomic E-state index is 0.0318. The number of H-pyrrole nitrogens is 1. The van der Waals surface area contributed by atoms with Crippen molar-refractivity contribution in [1.29, 1.82) is 0 Å². The van der Waals surface area contributed by atoms with Crippen molar-refractivity contribution in [2.24, 2.45) is 0 Å². The maximum Gasteiger partial charge on any atom is 0.418 e. The first kappa shape index (κ1) is 36.4. The second kappa shape index (κ2) is 14.2. The van der Waals surface area contributed by atoms with Crippen molar-refractivity contribution >= 4 is 57.4 Å². The van der Waals surface area contributed by atoms with Crippen LogP contribution >= 0.6 is 35.6 Å². The van der Waals surface area contributed by atoms with E-state index in [2.05, 4.69) is 30.4 Å². The molecule has 0 amide bonds. The predicted octanol–water partition coefficient (Wildman–Crippen LogP) is 10.9. The van der Waals surface area contributed by atoms with Crippen LogP contribution in [0.1, 0.15) is 22.3 Å². The largest absolute Gasteiger partial charge is 0.418 e. The lowest BCUT2D eigenvalue weighted by Crippen LogP contribution is -2.08. The molecular formula is C38H23ClF6N8S2. The van der Waals surface area contributed by atoms with Crippen LogP contribution in [0, 0.1) is 4.77 Å². The van der Waals surface area contributed by atoms with Gasteiger partial charge >= 0.3 is 12.4 Å². The highest BCUT2D eigenvalue weighted by Crippen LogP contribution is 2.45. The smallest absolute Gasteiger partial charge is 0.297 e. The number of para-hydroxylation sites is 2. The molecule has 276 valence electrons. The topological polar surface area (TPSA) is 90.1 Å². The van der Waals surface area contributed by atoms with Gasteiger partial charge in [0, 0.05) is 28.1 Å². The molecule has 55 heavy (non-hydrogen) atoms. The van der Waals surface area contributed by atoms with Gasteiger partial charge in [-0.05, 0) is 47.2 Å². The first-order valence-electron chi connectivity index (χ1n) is 16.4. The van der Waals surface area contributed by atoms with E-state index < -0.39 is 23.5 Å². The van der Waals surface area contributed by atoms with Crippen LogP contribution in [0.15, 0.2) is 120 Å². The highest BCUT2D eigenvalue weighted by Gasteiger charge is 2.35. The van der Waals surface area contributed by atoms with Crippen molar-refractivity contribution in [3.8, 4) is 22.8 Å². The average molecular weight is 805 g/mol. The zero-order valence-electron chi connectivity index (χ0n) is 27.9. The number of fused-ring (bicyclic) bond motifs is 2. The number of alkyl halides is 6. The molecular weight excluding hydrogens is 782 g/mol. The fourth-order valence-electron chi connectivity index (χ4n) is 6.27. The average Bonchev–Trinajstić information content (AvgIpc) is 3.73. The zero-order chi connectivity index (χ0) is 38.5. The van der Waals surface area contributed by atoms with Crippen molar-refractivity contribution in [1.82, 2.24) is 39.5 Å². The minimum atomic E-state index is -4.71. The van der Waals surface area contributed by atoms with Gasteiger partial charge in [-0.2, -0.15) is 31.4 Å². The molecule has 0 spiro atoms. The van der Waals surface area contributed by atoms with E-state index in [0.717, 1.165) is 35.0 Å². The van der Waals surface area contributed by atoms with Gasteiger partial charge in [-0.3, -0.25) is 24.2 Å². The van der Waals surface area contributed by atoms with Gasteiger partial charge in [-0.25, -0.2) is 0 Å². The molecule has 0 radical (unpaired) electrons. The van der Waals surface area contributed by atoms with E-state index in [1.54, 1.807) is 9.13 Å². The lowest BCUT2D eigenvalue weighted by molar-refractivity contribution is -0.137. The molecule has 8 rings (SSSR count). The highest BCUT2D eigenvalue weighted by molar-refractivity contribution is 7.99. The molecule has 1 N–H and O–H groups in total. The van der Waals surface area contributed by atoms with Gasteiger partial charge < -0.3 is 0 Å². The molecule has 4 heterocycles. The van der Waals surface area contributed by atoms with Gasteiger partial charge in [-0.15, -0.1) is 10.2 Å². The number of rotatable bonds is 8. The van der Waals surface area contributed by atoms with Gasteiger partial charge in [0.05, 0.1) is 51.4 Å². The Morgan fingerprint density at radius 3 is 1.78 bits per heavy atom. The van der Waals surface area contributed by atoms with Crippen LogP contribution in [0.25, 0.3) is 44.6 Å². The van der Waals surface area contributed by atoms with Crippen LogP contribution in [-0.2, 0) is 25.4 Å². The normalized spacial score (nSPS) is 12.2. The van der Waals surface area contributed by atoms with Gasteiger partial charge in [-0.1, -0.05) is 96.5 Å². The third-order valence-electron chi connectivity index (χ3n) is 8.81. The number of benzene rings is 4. The summed E-state index contributed by atoms with van der Waals surface area (Å²) in [5, 5.41) is 16.6. The van der Waals surface area contributed by atoms with Crippen molar-refractivity contribution in [2.45, 2.75) is 35.5 Å². The first-order valence-corrected chi connectivity index (χ1v) is 18.0. The Hall–Kier alpha value is -5.58. The van der Waals surface area contributed by atoms with Crippen molar-refractivity contribution in [3.63, 3.8) is 0 Å². The summed E-state index contributed by atoms with van der Waals surface area (Å²) in [4.78, 5) is 8.80. The zero-order valence-corrected chi connectivity index (χ0v) is 30.3. The summed E-state index contributed by atoms with van der Waals surface area (Å²) in [5.41, 5.74) is -0.225. The molecule has 0 unspecified atom stereocenters. The van der Waals surface area contributed by atoms with E-state index in [-0.39, 0.29) is 54.7 Å². The quantitative estimate of drug-likeness (QED) is 0.121. The third-order valence-corrected chi connectivity index (χ3v) is 10.7. The highest BCUT2D eigenvalue weighted by atomic mass is 35.5. The molecule has 8 aromatic rings. The van der Waals surface area contributed by atoms with E-state index in [0.29, 0.717) is 22.8 Å². The molecule has 0 aliphatic carbocycles. The molecule has 0 aliphatic rings. The summed E-state index contributed by atoms with van der Waals surface area (Å²) in [6.07, 6.45) is -6.85. The maximum absolute atomic E-state index is 14.4. The lowest BCUT2D eigenvalue weighted by Gasteiger charge is -2.17. The first-order chi connectivity index (χ1) is 26.4. The summed E-state index contributed by atoms with van der Waals surface area (Å²) < 4.78 is 88.4. The summed E-state index contributed by atoms with van der Waals surface area (Å²) in [7, 11) is 0. The maximum atomic E-state index is 14.4. The fourth-order valence-corrected chi connectivity index (χ4v) is 7.81. The van der Waals surface area contributed by atoms with Crippen LogP contribution in [-0.4, -0.2) is 39.5 Å². The fraction of sp³-hybridized carbons (Fsp3) is 0.105. The van der Waals surface area contributed by atoms with Crippen LogP contribution in [0.4, 0.5) is 26.3 Å². The number of hydrogen-bond donors (Lipinski definition) is 1. The molecule has 0 aliphatic heterocycles. The molecule has 0 fully saturated rings. The molecule has 0 atom stereocenters. The Morgan fingerprint density at radius 2 is 1.18 bits per heavy atom. The number of hydrogen-bond acceptors (Lipinski definition) is 7. The molecule has 0 bridgehead atoms. The summed E-state index contributed by atoms with van der Waals surface area (Å²) >= 11 is 13.5. The second-order valence-corrected chi connectivity index (χ2v) is 14.0. The summed E-state index contributed by atoms with van der Waals surface area (Å²) in [6.45, 7) is 0.454. The van der Waals surface area contributed by atoms with Gasteiger partial charge in [0.15, 0.2) is 21.6 Å². The molecule has 4 aromatic heterocycles. The molecule has 4 aromatic carbocycles. The van der Waals surface area contributed by atoms with E-state index in [1.165, 1.54) is 36.7 Å². The Kier molecular flexibility index (Phi) is 9.43. The molecule has 0 saturated carbocycles. The van der Waals surface area contributed by atoms with E-state index in [9.17, 15) is 26.3 Å². The minimum Gasteiger partial charge on any atom is -0.297 e. The van der Waals surface area contributed by atoms with E-state index >= 15 is 0 Å². The van der Waals surface area contributed by atoms with Crippen LogP contribution < -0.4 is 0 Å². The summed E-state index contributed by atoms with van der Waals surface area (Å²) in [5.74, 6) is 0.491. The lowest BCUT2D eigenvalue weighted by atomic mass is 10.1. The predicted molar refractivity (Wildman–Crippen MR) is 199 cm³/mol. The monoisotopic (exact) mass is 804 g/mol. The SMILES string of the molecule is FC(F)(F)c1cccc2c(Cl)c(-c3nnc(Sc4c(-c5n[nH]c(=S)n5Cc5ccccc5)cnc5c(C(F)(F)F)cccc45)n3Cc3ccccc3)cnc12. The van der Waals surface area contributed by atoms with Gasteiger partial charge in [0.1, 0.15) is 0 Å². The van der Waals surface area contributed by atoms with E-state index in [1.807, 2.05) is 60.7 Å². The molecule has 17 heteroatoms. The number of pyridine rings is 2. The number of aromatic nitrogens is 8. The second-order valence-electron chi connectivity index (χ2n) is 12.3.